The third-order valence-corrected chi connectivity index (χ3v) is 5.82. The van der Waals surface area contributed by atoms with Crippen LogP contribution in [0.1, 0.15) is 12.5 Å². The molecule has 3 aromatic carbocycles. The molecule has 0 aliphatic heterocycles. The Morgan fingerprint density at radius 1 is 1.11 bits per heavy atom. The smallest absolute Gasteiger partial charge is 0.266 e. The van der Waals surface area contributed by atoms with Crippen molar-refractivity contribution in [3.63, 3.8) is 0 Å². The fourth-order valence-corrected chi connectivity index (χ4v) is 4.06. The van der Waals surface area contributed by atoms with Crippen LogP contribution in [0.25, 0.3) is 16.6 Å². The number of aromatic hydroxyl groups is 2. The average Bonchev–Trinajstić information content (AvgIpc) is 2.86. The molecule has 1 amide bonds. The van der Waals surface area contributed by atoms with E-state index in [1.165, 1.54) is 29.0 Å². The van der Waals surface area contributed by atoms with Crippen LogP contribution >= 0.6 is 11.8 Å². The third kappa shape index (κ3) is 5.61. The fraction of sp³-hybridized carbons (Fsp3) is 0.120. The van der Waals surface area contributed by atoms with Gasteiger partial charge in [-0.3, -0.25) is 14.2 Å². The molecule has 3 N–H and O–H groups in total. The minimum atomic E-state index is -0.407. The van der Waals surface area contributed by atoms with E-state index in [1.807, 2.05) is 6.92 Å². The van der Waals surface area contributed by atoms with Crippen molar-refractivity contribution in [1.29, 1.82) is 0 Å². The Hall–Kier alpha value is -4.31. The Labute approximate surface area is 204 Å². The van der Waals surface area contributed by atoms with Crippen molar-refractivity contribution in [1.82, 2.24) is 15.0 Å². The zero-order valence-corrected chi connectivity index (χ0v) is 19.5. The van der Waals surface area contributed by atoms with Crippen LogP contribution < -0.4 is 15.7 Å². The van der Waals surface area contributed by atoms with E-state index in [0.717, 1.165) is 11.8 Å². The van der Waals surface area contributed by atoms with Gasteiger partial charge in [-0.2, -0.15) is 5.10 Å². The number of aromatic nitrogens is 2. The molecule has 0 atom stereocenters. The van der Waals surface area contributed by atoms with Gasteiger partial charge in [0.1, 0.15) is 5.75 Å². The molecule has 0 radical (unpaired) electrons. The molecule has 1 aromatic heterocycles. The second-order valence-corrected chi connectivity index (χ2v) is 8.25. The number of nitrogens with one attached hydrogen (secondary N) is 1. The van der Waals surface area contributed by atoms with Crippen LogP contribution in [0.5, 0.6) is 17.2 Å². The number of phenolic OH excluding ortho intramolecular Hbond substituents is 2. The summed E-state index contributed by atoms with van der Waals surface area (Å²) >= 11 is 1.11. The zero-order chi connectivity index (χ0) is 24.8. The predicted molar refractivity (Wildman–Crippen MR) is 135 cm³/mol. The number of hydrazone groups is 1. The molecule has 4 aromatic rings. The zero-order valence-electron chi connectivity index (χ0n) is 18.7. The molecule has 178 valence electrons. The quantitative estimate of drug-likeness (QED) is 0.114. The number of nitrogens with zero attached hydrogens (tertiary/aromatic N) is 3. The molecule has 0 aliphatic rings. The molecule has 0 spiro atoms. The van der Waals surface area contributed by atoms with Gasteiger partial charge in [0.25, 0.3) is 11.5 Å². The van der Waals surface area contributed by atoms with E-state index in [9.17, 15) is 19.8 Å². The summed E-state index contributed by atoms with van der Waals surface area (Å²) < 4.78 is 6.96. The molecule has 10 heteroatoms. The Morgan fingerprint density at radius 2 is 1.89 bits per heavy atom. The highest BCUT2D eigenvalue weighted by atomic mass is 32.2. The maximum absolute atomic E-state index is 13.3. The van der Waals surface area contributed by atoms with E-state index in [1.54, 1.807) is 48.5 Å². The van der Waals surface area contributed by atoms with Gasteiger partial charge in [-0.15, -0.1) is 0 Å². The van der Waals surface area contributed by atoms with Crippen LogP contribution in [0.2, 0.25) is 0 Å². The van der Waals surface area contributed by atoms with E-state index in [0.29, 0.717) is 39.7 Å². The van der Waals surface area contributed by atoms with Crippen molar-refractivity contribution < 1.29 is 19.7 Å². The number of thioether (sulfide) groups is 1. The van der Waals surface area contributed by atoms with Crippen molar-refractivity contribution in [3.05, 3.63) is 82.6 Å². The van der Waals surface area contributed by atoms with E-state index >= 15 is 0 Å². The Balaban J connectivity index is 1.55. The lowest BCUT2D eigenvalue weighted by Crippen LogP contribution is -2.24. The molecular formula is C25H22N4O5S. The number of phenols is 2. The number of ether oxygens (including phenoxy) is 1. The van der Waals surface area contributed by atoms with Gasteiger partial charge < -0.3 is 14.9 Å². The van der Waals surface area contributed by atoms with Crippen molar-refractivity contribution in [2.45, 2.75) is 12.1 Å². The van der Waals surface area contributed by atoms with Gasteiger partial charge >= 0.3 is 0 Å². The highest BCUT2D eigenvalue weighted by Gasteiger charge is 2.15. The molecule has 4 rings (SSSR count). The summed E-state index contributed by atoms with van der Waals surface area (Å²) in [5, 5.41) is 23.6. The van der Waals surface area contributed by atoms with Gasteiger partial charge in [0.15, 0.2) is 16.7 Å². The number of benzene rings is 3. The van der Waals surface area contributed by atoms with E-state index in [-0.39, 0.29) is 22.8 Å². The lowest BCUT2D eigenvalue weighted by molar-refractivity contribution is -0.118. The molecule has 0 saturated heterocycles. The Kier molecular flexibility index (Phi) is 7.32. The van der Waals surface area contributed by atoms with Crippen LogP contribution in [0.15, 0.2) is 81.8 Å². The molecule has 0 unspecified atom stereocenters. The first-order valence-corrected chi connectivity index (χ1v) is 11.7. The maximum atomic E-state index is 13.3. The largest absolute Gasteiger partial charge is 0.504 e. The average molecular weight is 491 g/mol. The van der Waals surface area contributed by atoms with Crippen LogP contribution in [0.4, 0.5) is 0 Å². The van der Waals surface area contributed by atoms with E-state index in [2.05, 4.69) is 15.5 Å². The summed E-state index contributed by atoms with van der Waals surface area (Å²) in [6.45, 7) is 2.42. The second kappa shape index (κ2) is 10.7. The lowest BCUT2D eigenvalue weighted by Gasteiger charge is -2.13. The second-order valence-electron chi connectivity index (χ2n) is 7.31. The summed E-state index contributed by atoms with van der Waals surface area (Å²) in [6.07, 6.45) is 1.34. The number of fused-ring (bicyclic) bond motifs is 1. The first-order chi connectivity index (χ1) is 17.0. The highest BCUT2D eigenvalue weighted by molar-refractivity contribution is 7.99. The molecule has 0 aliphatic carbocycles. The van der Waals surface area contributed by atoms with Gasteiger partial charge in [0.05, 0.1) is 35.2 Å². The van der Waals surface area contributed by atoms with Crippen LogP contribution in [0, 0.1) is 0 Å². The Morgan fingerprint density at radius 3 is 2.63 bits per heavy atom. The summed E-state index contributed by atoms with van der Waals surface area (Å²) in [4.78, 5) is 30.3. The number of carbonyl (C=O) groups excluding carboxylic acids is 1. The molecule has 9 nitrogen and oxygen atoms in total. The van der Waals surface area contributed by atoms with E-state index < -0.39 is 5.91 Å². The fourth-order valence-electron chi connectivity index (χ4n) is 3.26. The molecular weight excluding hydrogens is 468 g/mol. The van der Waals surface area contributed by atoms with Gasteiger partial charge in [0, 0.05) is 0 Å². The predicted octanol–water partition coefficient (Wildman–Crippen LogP) is 3.44. The number of carbonyl (C=O) groups is 1. The number of hydrogen-bond acceptors (Lipinski definition) is 8. The molecule has 35 heavy (non-hydrogen) atoms. The van der Waals surface area contributed by atoms with Crippen LogP contribution in [0.3, 0.4) is 0 Å². The van der Waals surface area contributed by atoms with E-state index in [4.69, 9.17) is 4.74 Å². The summed E-state index contributed by atoms with van der Waals surface area (Å²) in [5.74, 6) is -0.296. The minimum Gasteiger partial charge on any atom is -0.504 e. The summed E-state index contributed by atoms with van der Waals surface area (Å²) in [6, 6.07) is 18.3. The topological polar surface area (TPSA) is 126 Å². The highest BCUT2D eigenvalue weighted by Crippen LogP contribution is 2.24. The summed E-state index contributed by atoms with van der Waals surface area (Å²) in [5.41, 5.74) is 3.79. The maximum Gasteiger partial charge on any atom is 0.266 e. The van der Waals surface area contributed by atoms with Gasteiger partial charge in [-0.05, 0) is 67.1 Å². The number of amides is 1. The number of rotatable bonds is 8. The van der Waals surface area contributed by atoms with Gasteiger partial charge in [-0.1, -0.05) is 23.9 Å². The molecule has 0 fully saturated rings. The first-order valence-electron chi connectivity index (χ1n) is 10.7. The van der Waals surface area contributed by atoms with Gasteiger partial charge in [-0.25, -0.2) is 10.4 Å². The van der Waals surface area contributed by atoms with Crippen molar-refractivity contribution >= 4 is 34.8 Å². The lowest BCUT2D eigenvalue weighted by atomic mass is 10.2. The van der Waals surface area contributed by atoms with Crippen molar-refractivity contribution in [2.75, 3.05) is 12.4 Å². The molecule has 0 saturated carbocycles. The first kappa shape index (κ1) is 23.8. The normalized spacial score (nSPS) is 11.1. The number of para-hydroxylation sites is 1. The van der Waals surface area contributed by atoms with Crippen molar-refractivity contribution in [3.8, 4) is 22.9 Å². The van der Waals surface area contributed by atoms with Crippen LogP contribution in [-0.2, 0) is 4.79 Å². The SMILES string of the molecule is CCOc1ccc(-n2c(SCC(=O)N/N=C/c3ccc(O)c(O)c3)nc3ccccc3c2=O)cc1. The molecule has 0 bridgehead atoms. The monoisotopic (exact) mass is 490 g/mol. The Bertz CT molecular complexity index is 1450. The number of hydrogen-bond donors (Lipinski definition) is 3. The third-order valence-electron chi connectivity index (χ3n) is 4.89. The van der Waals surface area contributed by atoms with Gasteiger partial charge in [0.2, 0.25) is 0 Å². The molecule has 1 heterocycles. The standard InChI is InChI=1S/C25H22N4O5S/c1-2-34-18-10-8-17(9-11-18)29-24(33)19-5-3-4-6-20(19)27-25(29)35-15-23(32)28-26-14-16-7-12-21(30)22(31)13-16/h3-14,30-31H,2,15H2,1H3,(H,28,32)/b26-14+. The van der Waals surface area contributed by atoms with Crippen LogP contribution in [-0.4, -0.2) is 44.2 Å². The van der Waals surface area contributed by atoms with Crippen molar-refractivity contribution in [2.24, 2.45) is 5.10 Å². The summed E-state index contributed by atoms with van der Waals surface area (Å²) in [7, 11) is 0. The minimum absolute atomic E-state index is 0.0417.